The van der Waals surface area contributed by atoms with Crippen LogP contribution in [0.5, 0.6) is 0 Å². The number of allylic oxidation sites excluding steroid dienone is 1. The summed E-state index contributed by atoms with van der Waals surface area (Å²) in [5.74, 6) is -1.50. The van der Waals surface area contributed by atoms with Gasteiger partial charge in [-0.15, -0.1) is 0 Å². The van der Waals surface area contributed by atoms with Crippen molar-refractivity contribution >= 4 is 11.8 Å². The maximum Gasteiger partial charge on any atom is 0.471 e. The topological polar surface area (TPSA) is 54.5 Å². The Morgan fingerprint density at radius 3 is 2.61 bits per heavy atom. The molecule has 0 saturated carbocycles. The van der Waals surface area contributed by atoms with Crippen LogP contribution in [0.4, 0.5) is 13.2 Å². The van der Waals surface area contributed by atoms with Gasteiger partial charge in [0.15, 0.2) is 0 Å². The van der Waals surface area contributed by atoms with E-state index < -0.39 is 12.1 Å². The second-order valence-corrected chi connectivity index (χ2v) is 5.06. The number of aromatic nitrogens is 2. The molecule has 1 aromatic heterocycles. The van der Waals surface area contributed by atoms with Crippen LogP contribution in [0.3, 0.4) is 0 Å². The van der Waals surface area contributed by atoms with Gasteiger partial charge in [0.25, 0.3) is 0 Å². The first-order chi connectivity index (χ1) is 10.9. The highest BCUT2D eigenvalue weighted by Crippen LogP contribution is 2.29. The van der Waals surface area contributed by atoms with Gasteiger partial charge >= 0.3 is 12.1 Å². The SMILES string of the molecule is C[C@H](c1ccccc1)N1C=C(c2noc(C(F)(F)F)n2)C=NC1. The first-order valence-electron chi connectivity index (χ1n) is 6.89. The Labute approximate surface area is 130 Å². The van der Waals surface area contributed by atoms with E-state index in [1.54, 1.807) is 6.20 Å². The highest BCUT2D eigenvalue weighted by atomic mass is 19.4. The van der Waals surface area contributed by atoms with E-state index in [0.717, 1.165) is 5.56 Å². The van der Waals surface area contributed by atoms with Gasteiger partial charge in [-0.1, -0.05) is 35.5 Å². The van der Waals surface area contributed by atoms with Crippen molar-refractivity contribution in [1.82, 2.24) is 15.0 Å². The van der Waals surface area contributed by atoms with Crippen LogP contribution in [-0.2, 0) is 6.18 Å². The fraction of sp³-hybridized carbons (Fsp3) is 0.267. The Kier molecular flexibility index (Phi) is 3.89. The van der Waals surface area contributed by atoms with Crippen molar-refractivity contribution in [3.8, 4) is 0 Å². The van der Waals surface area contributed by atoms with Crippen LogP contribution in [0.2, 0.25) is 0 Å². The van der Waals surface area contributed by atoms with E-state index in [0.29, 0.717) is 12.2 Å². The van der Waals surface area contributed by atoms with E-state index in [-0.39, 0.29) is 11.9 Å². The van der Waals surface area contributed by atoms with Crippen molar-refractivity contribution in [1.29, 1.82) is 0 Å². The van der Waals surface area contributed by atoms with Crippen LogP contribution in [-0.4, -0.2) is 27.9 Å². The zero-order valence-corrected chi connectivity index (χ0v) is 12.2. The van der Waals surface area contributed by atoms with E-state index >= 15 is 0 Å². The molecular formula is C15H13F3N4O. The molecule has 0 amide bonds. The van der Waals surface area contributed by atoms with Crippen LogP contribution in [0.25, 0.3) is 5.57 Å². The molecule has 1 aromatic carbocycles. The molecule has 0 fully saturated rings. The zero-order chi connectivity index (χ0) is 16.4. The van der Waals surface area contributed by atoms with Crippen LogP contribution in [0, 0.1) is 0 Å². The van der Waals surface area contributed by atoms with E-state index in [2.05, 4.69) is 19.7 Å². The van der Waals surface area contributed by atoms with Gasteiger partial charge in [-0.25, -0.2) is 0 Å². The summed E-state index contributed by atoms with van der Waals surface area (Å²) >= 11 is 0. The van der Waals surface area contributed by atoms with Crippen molar-refractivity contribution in [3.05, 3.63) is 53.8 Å². The summed E-state index contributed by atoms with van der Waals surface area (Å²) < 4.78 is 41.9. The molecule has 2 aromatic rings. The van der Waals surface area contributed by atoms with Crippen molar-refractivity contribution in [3.63, 3.8) is 0 Å². The van der Waals surface area contributed by atoms with Gasteiger partial charge in [-0.3, -0.25) is 4.99 Å². The van der Waals surface area contributed by atoms with Crippen LogP contribution in [0.15, 0.2) is 46.0 Å². The molecule has 0 N–H and O–H groups in total. The average Bonchev–Trinajstić information content (AvgIpc) is 3.05. The molecule has 23 heavy (non-hydrogen) atoms. The predicted octanol–water partition coefficient (Wildman–Crippen LogP) is 3.53. The molecule has 0 saturated heterocycles. The number of nitrogens with zero attached hydrogens (tertiary/aromatic N) is 4. The Hall–Kier alpha value is -2.64. The normalized spacial score (nSPS) is 16.3. The fourth-order valence-electron chi connectivity index (χ4n) is 2.21. The monoisotopic (exact) mass is 322 g/mol. The first kappa shape index (κ1) is 15.3. The van der Waals surface area contributed by atoms with Gasteiger partial charge in [0.2, 0.25) is 5.82 Å². The molecule has 0 spiro atoms. The molecule has 1 aliphatic heterocycles. The summed E-state index contributed by atoms with van der Waals surface area (Å²) in [5, 5.41) is 3.38. The number of aliphatic imine (C=N–C) groups is 1. The third kappa shape index (κ3) is 3.25. The average molecular weight is 322 g/mol. The summed E-state index contributed by atoms with van der Waals surface area (Å²) in [4.78, 5) is 9.44. The zero-order valence-electron chi connectivity index (χ0n) is 12.2. The van der Waals surface area contributed by atoms with E-state index in [1.807, 2.05) is 42.2 Å². The van der Waals surface area contributed by atoms with Crippen LogP contribution >= 0.6 is 0 Å². The molecule has 8 heteroatoms. The smallest absolute Gasteiger partial charge is 0.351 e. The van der Waals surface area contributed by atoms with Gasteiger partial charge in [-0.2, -0.15) is 18.2 Å². The lowest BCUT2D eigenvalue weighted by molar-refractivity contribution is -0.159. The number of hydrogen-bond donors (Lipinski definition) is 0. The molecule has 5 nitrogen and oxygen atoms in total. The summed E-state index contributed by atoms with van der Waals surface area (Å²) in [6.45, 7) is 2.39. The Morgan fingerprint density at radius 2 is 1.96 bits per heavy atom. The standard InChI is InChI=1S/C15H13F3N4O/c1-10(11-5-3-2-4-6-11)22-8-12(7-19-9-22)13-20-14(23-21-13)15(16,17)18/h2-8,10H,9H2,1H3/t10-/m1/s1. The Morgan fingerprint density at radius 1 is 1.22 bits per heavy atom. The minimum atomic E-state index is -4.66. The lowest BCUT2D eigenvalue weighted by atomic mass is 10.1. The third-order valence-electron chi connectivity index (χ3n) is 3.49. The van der Waals surface area contributed by atoms with E-state index in [1.165, 1.54) is 6.21 Å². The predicted molar refractivity (Wildman–Crippen MR) is 77.3 cm³/mol. The third-order valence-corrected chi connectivity index (χ3v) is 3.49. The quantitative estimate of drug-likeness (QED) is 0.867. The molecule has 120 valence electrons. The lowest BCUT2D eigenvalue weighted by Gasteiger charge is -2.28. The summed E-state index contributed by atoms with van der Waals surface area (Å²) in [6.07, 6.45) is -1.52. The fourth-order valence-corrected chi connectivity index (χ4v) is 2.21. The first-order valence-corrected chi connectivity index (χ1v) is 6.89. The highest BCUT2D eigenvalue weighted by Gasteiger charge is 2.38. The number of rotatable bonds is 3. The number of hydrogen-bond acceptors (Lipinski definition) is 5. The number of halogens is 3. The van der Waals surface area contributed by atoms with Crippen LogP contribution in [0.1, 0.15) is 30.2 Å². The van der Waals surface area contributed by atoms with E-state index in [9.17, 15) is 13.2 Å². The molecule has 1 aliphatic rings. The molecule has 3 rings (SSSR count). The molecule has 0 radical (unpaired) electrons. The van der Waals surface area contributed by atoms with E-state index in [4.69, 9.17) is 0 Å². The highest BCUT2D eigenvalue weighted by molar-refractivity contribution is 6.08. The van der Waals surface area contributed by atoms with Crippen molar-refractivity contribution in [2.75, 3.05) is 6.67 Å². The minimum absolute atomic E-state index is 0.0117. The van der Waals surface area contributed by atoms with Gasteiger partial charge in [0, 0.05) is 12.4 Å². The maximum absolute atomic E-state index is 12.5. The van der Waals surface area contributed by atoms with Gasteiger partial charge in [0.05, 0.1) is 11.6 Å². The number of benzene rings is 1. The van der Waals surface area contributed by atoms with Gasteiger partial charge < -0.3 is 9.42 Å². The molecule has 1 atom stereocenters. The lowest BCUT2D eigenvalue weighted by Crippen LogP contribution is -2.24. The second kappa shape index (κ2) is 5.86. The Bertz CT molecular complexity index is 737. The van der Waals surface area contributed by atoms with Gasteiger partial charge in [-0.05, 0) is 12.5 Å². The molecule has 0 aliphatic carbocycles. The largest absolute Gasteiger partial charge is 0.471 e. The minimum Gasteiger partial charge on any atom is -0.351 e. The molecule has 0 bridgehead atoms. The molecular weight excluding hydrogens is 309 g/mol. The number of alkyl halides is 3. The molecule has 2 heterocycles. The maximum atomic E-state index is 12.5. The van der Waals surface area contributed by atoms with Crippen molar-refractivity contribution in [2.45, 2.75) is 19.1 Å². The summed E-state index contributed by atoms with van der Waals surface area (Å²) in [7, 11) is 0. The summed E-state index contributed by atoms with van der Waals surface area (Å²) in [5.41, 5.74) is 1.45. The van der Waals surface area contributed by atoms with Crippen molar-refractivity contribution < 1.29 is 17.7 Å². The Balaban J connectivity index is 1.84. The van der Waals surface area contributed by atoms with Crippen molar-refractivity contribution in [2.24, 2.45) is 4.99 Å². The van der Waals surface area contributed by atoms with Crippen LogP contribution < -0.4 is 0 Å². The molecule has 0 unspecified atom stereocenters. The summed E-state index contributed by atoms with van der Waals surface area (Å²) in [6, 6.07) is 9.75. The van der Waals surface area contributed by atoms with Gasteiger partial charge in [0.1, 0.15) is 6.67 Å². The second-order valence-electron chi connectivity index (χ2n) is 5.06.